The van der Waals surface area contributed by atoms with Gasteiger partial charge in [-0.1, -0.05) is 12.1 Å². The standard InChI is InChI=1S/C27H29NO6/c1-17(12-26(29)28-10-8-18(9-11-28)27(30)33-4)21-14-22-23(16-34-25(22)15-24(21)32-3)19-6-5-7-20(13-19)31-2/h5-7,12-16,18H,8-11H2,1-4H3/b17-12+. The van der Waals surface area contributed by atoms with Gasteiger partial charge in [0.15, 0.2) is 0 Å². The van der Waals surface area contributed by atoms with Crippen molar-refractivity contribution in [1.29, 1.82) is 0 Å². The highest BCUT2D eigenvalue weighted by Gasteiger charge is 2.27. The molecule has 0 aliphatic carbocycles. The third-order valence-corrected chi connectivity index (χ3v) is 6.38. The van der Waals surface area contributed by atoms with Gasteiger partial charge in [-0.15, -0.1) is 0 Å². The predicted molar refractivity (Wildman–Crippen MR) is 130 cm³/mol. The van der Waals surface area contributed by atoms with Crippen molar-refractivity contribution in [2.24, 2.45) is 5.92 Å². The van der Waals surface area contributed by atoms with Crippen LogP contribution < -0.4 is 9.47 Å². The third-order valence-electron chi connectivity index (χ3n) is 6.38. The zero-order valence-electron chi connectivity index (χ0n) is 19.9. The fraction of sp³-hybridized carbons (Fsp3) is 0.333. The van der Waals surface area contributed by atoms with E-state index in [9.17, 15) is 9.59 Å². The molecule has 2 heterocycles. The van der Waals surface area contributed by atoms with Crippen molar-refractivity contribution >= 4 is 28.4 Å². The summed E-state index contributed by atoms with van der Waals surface area (Å²) in [6.07, 6.45) is 4.57. The summed E-state index contributed by atoms with van der Waals surface area (Å²) in [5.41, 5.74) is 4.21. The summed E-state index contributed by atoms with van der Waals surface area (Å²) in [6.45, 7) is 2.95. The van der Waals surface area contributed by atoms with Gasteiger partial charge in [-0.3, -0.25) is 9.59 Å². The van der Waals surface area contributed by atoms with E-state index in [0.717, 1.165) is 33.4 Å². The number of hydrogen-bond donors (Lipinski definition) is 0. The number of allylic oxidation sites excluding steroid dienone is 1. The highest BCUT2D eigenvalue weighted by atomic mass is 16.5. The maximum absolute atomic E-state index is 13.0. The number of methoxy groups -OCH3 is 3. The number of rotatable bonds is 6. The molecule has 7 nitrogen and oxygen atoms in total. The van der Waals surface area contributed by atoms with E-state index in [2.05, 4.69) is 0 Å². The molecule has 4 rings (SSSR count). The first-order chi connectivity index (χ1) is 16.4. The van der Waals surface area contributed by atoms with E-state index >= 15 is 0 Å². The molecule has 1 aliphatic heterocycles. The molecule has 1 amide bonds. The summed E-state index contributed by atoms with van der Waals surface area (Å²) >= 11 is 0. The third kappa shape index (κ3) is 4.64. The zero-order chi connectivity index (χ0) is 24.2. The molecule has 1 saturated heterocycles. The number of furan rings is 1. The first-order valence-electron chi connectivity index (χ1n) is 11.2. The molecule has 1 aliphatic rings. The smallest absolute Gasteiger partial charge is 0.308 e. The SMILES string of the molecule is COC(=O)C1CCN(C(=O)/C=C(\C)c2cc3c(-c4cccc(OC)c4)coc3cc2OC)CC1. The first-order valence-corrected chi connectivity index (χ1v) is 11.2. The number of nitrogens with zero attached hydrogens (tertiary/aromatic N) is 1. The summed E-state index contributed by atoms with van der Waals surface area (Å²) in [5, 5.41) is 0.920. The van der Waals surface area contributed by atoms with Crippen molar-refractivity contribution in [2.75, 3.05) is 34.4 Å². The van der Waals surface area contributed by atoms with Crippen LogP contribution in [0.2, 0.25) is 0 Å². The molecule has 0 spiro atoms. The molecule has 1 aromatic heterocycles. The monoisotopic (exact) mass is 463 g/mol. The van der Waals surface area contributed by atoms with Crippen LogP contribution in [0.25, 0.3) is 27.7 Å². The summed E-state index contributed by atoms with van der Waals surface area (Å²) in [6, 6.07) is 11.6. The van der Waals surface area contributed by atoms with Gasteiger partial charge in [-0.2, -0.15) is 0 Å². The minimum atomic E-state index is -0.205. The molecular formula is C27H29NO6. The largest absolute Gasteiger partial charge is 0.497 e. The number of hydrogen-bond acceptors (Lipinski definition) is 6. The lowest BCUT2D eigenvalue weighted by atomic mass is 9.96. The van der Waals surface area contributed by atoms with E-state index in [1.807, 2.05) is 43.3 Å². The molecule has 3 aromatic rings. The summed E-state index contributed by atoms with van der Waals surface area (Å²) in [4.78, 5) is 26.5. The van der Waals surface area contributed by atoms with Gasteiger partial charge >= 0.3 is 5.97 Å². The van der Waals surface area contributed by atoms with Crippen LogP contribution in [-0.2, 0) is 14.3 Å². The number of likely N-dealkylation sites (tertiary alicyclic amines) is 1. The predicted octanol–water partition coefficient (Wildman–Crippen LogP) is 4.93. The summed E-state index contributed by atoms with van der Waals surface area (Å²) in [7, 11) is 4.64. The van der Waals surface area contributed by atoms with Crippen molar-refractivity contribution in [3.05, 3.63) is 54.3 Å². The van der Waals surface area contributed by atoms with Gasteiger partial charge < -0.3 is 23.5 Å². The Morgan fingerprint density at radius 1 is 1.06 bits per heavy atom. The second kappa shape index (κ2) is 10.0. The zero-order valence-corrected chi connectivity index (χ0v) is 19.9. The van der Waals surface area contributed by atoms with E-state index in [1.165, 1.54) is 7.11 Å². The van der Waals surface area contributed by atoms with Crippen LogP contribution in [0.5, 0.6) is 11.5 Å². The van der Waals surface area contributed by atoms with Crippen LogP contribution in [0.15, 0.2) is 53.2 Å². The minimum absolute atomic E-state index is 0.0804. The van der Waals surface area contributed by atoms with Gasteiger partial charge in [0, 0.05) is 41.7 Å². The first kappa shape index (κ1) is 23.4. The number of ether oxygens (including phenoxy) is 3. The van der Waals surface area contributed by atoms with E-state index in [1.54, 1.807) is 31.5 Å². The van der Waals surface area contributed by atoms with Crippen LogP contribution in [0.1, 0.15) is 25.3 Å². The maximum atomic E-state index is 13.0. The van der Waals surface area contributed by atoms with Gasteiger partial charge in [0.2, 0.25) is 5.91 Å². The number of benzene rings is 2. The lowest BCUT2D eigenvalue weighted by Gasteiger charge is -2.30. The highest BCUT2D eigenvalue weighted by Crippen LogP contribution is 2.38. The number of carbonyl (C=O) groups excluding carboxylic acids is 2. The Kier molecular flexibility index (Phi) is 6.91. The normalized spacial score (nSPS) is 14.8. The fourth-order valence-electron chi connectivity index (χ4n) is 4.40. The lowest BCUT2D eigenvalue weighted by molar-refractivity contribution is -0.148. The van der Waals surface area contributed by atoms with Gasteiger partial charge in [0.1, 0.15) is 17.1 Å². The van der Waals surface area contributed by atoms with Gasteiger partial charge in [-0.25, -0.2) is 0 Å². The molecule has 0 N–H and O–H groups in total. The van der Waals surface area contributed by atoms with Crippen LogP contribution in [0, 0.1) is 5.92 Å². The van der Waals surface area contributed by atoms with Crippen molar-refractivity contribution in [2.45, 2.75) is 19.8 Å². The Hall–Kier alpha value is -3.74. The summed E-state index contributed by atoms with van der Waals surface area (Å²) < 4.78 is 21.6. The molecule has 0 unspecified atom stereocenters. The van der Waals surface area contributed by atoms with Gasteiger partial charge in [0.25, 0.3) is 0 Å². The second-order valence-electron chi connectivity index (χ2n) is 8.38. The number of carbonyl (C=O) groups is 2. The van der Waals surface area contributed by atoms with E-state index in [4.69, 9.17) is 18.6 Å². The van der Waals surface area contributed by atoms with Crippen LogP contribution in [0.4, 0.5) is 0 Å². The van der Waals surface area contributed by atoms with Crippen LogP contribution >= 0.6 is 0 Å². The van der Waals surface area contributed by atoms with E-state index in [0.29, 0.717) is 37.3 Å². The average Bonchev–Trinajstić information content (AvgIpc) is 3.30. The number of esters is 1. The quantitative estimate of drug-likeness (QED) is 0.381. The average molecular weight is 464 g/mol. The molecule has 0 radical (unpaired) electrons. The molecule has 178 valence electrons. The molecule has 34 heavy (non-hydrogen) atoms. The number of fused-ring (bicyclic) bond motifs is 1. The van der Waals surface area contributed by atoms with Crippen molar-refractivity contribution in [3.8, 4) is 22.6 Å². The molecule has 2 aromatic carbocycles. The second-order valence-corrected chi connectivity index (χ2v) is 8.38. The van der Waals surface area contributed by atoms with Gasteiger partial charge in [0.05, 0.1) is 33.5 Å². The molecular weight excluding hydrogens is 434 g/mol. The fourth-order valence-corrected chi connectivity index (χ4v) is 4.40. The van der Waals surface area contributed by atoms with Gasteiger partial charge in [-0.05, 0) is 49.1 Å². The molecule has 7 heteroatoms. The Morgan fingerprint density at radius 3 is 2.50 bits per heavy atom. The van der Waals surface area contributed by atoms with Crippen LogP contribution in [-0.4, -0.2) is 51.2 Å². The number of piperidine rings is 1. The van der Waals surface area contributed by atoms with E-state index in [-0.39, 0.29) is 17.8 Å². The molecule has 0 bridgehead atoms. The molecule has 0 atom stereocenters. The minimum Gasteiger partial charge on any atom is -0.497 e. The van der Waals surface area contributed by atoms with Crippen molar-refractivity contribution < 1.29 is 28.2 Å². The Labute approximate surface area is 198 Å². The van der Waals surface area contributed by atoms with Crippen LogP contribution in [0.3, 0.4) is 0 Å². The maximum Gasteiger partial charge on any atom is 0.308 e. The number of amides is 1. The molecule has 0 saturated carbocycles. The summed E-state index contributed by atoms with van der Waals surface area (Å²) in [5.74, 6) is 0.966. The van der Waals surface area contributed by atoms with Crippen molar-refractivity contribution in [3.63, 3.8) is 0 Å². The highest BCUT2D eigenvalue weighted by molar-refractivity contribution is 6.00. The topological polar surface area (TPSA) is 78.2 Å². The Bertz CT molecular complexity index is 1230. The van der Waals surface area contributed by atoms with Crippen molar-refractivity contribution in [1.82, 2.24) is 4.90 Å². The van der Waals surface area contributed by atoms with E-state index < -0.39 is 0 Å². The molecule has 1 fully saturated rings. The Balaban J connectivity index is 1.63. The lowest BCUT2D eigenvalue weighted by Crippen LogP contribution is -2.39. The Morgan fingerprint density at radius 2 is 1.82 bits per heavy atom.